The van der Waals surface area contributed by atoms with E-state index in [4.69, 9.17) is 9.72 Å². The van der Waals surface area contributed by atoms with Crippen molar-refractivity contribution in [3.05, 3.63) is 39.3 Å². The van der Waals surface area contributed by atoms with Crippen LogP contribution in [0.25, 0.3) is 0 Å². The molecule has 8 heteroatoms. The van der Waals surface area contributed by atoms with Crippen molar-refractivity contribution in [1.29, 1.82) is 0 Å². The van der Waals surface area contributed by atoms with E-state index in [0.717, 1.165) is 80.6 Å². The lowest BCUT2D eigenvalue weighted by molar-refractivity contribution is 0.150. The molecule has 5 nitrogen and oxygen atoms in total. The van der Waals surface area contributed by atoms with E-state index in [-0.39, 0.29) is 5.56 Å². The predicted molar refractivity (Wildman–Crippen MR) is 107 cm³/mol. The normalized spacial score (nSPS) is 21.9. The summed E-state index contributed by atoms with van der Waals surface area (Å²) < 4.78 is 35.4. The molecular formula is C20H23BrF2N4O. The second-order valence-corrected chi connectivity index (χ2v) is 8.54. The molecule has 1 saturated heterocycles. The fourth-order valence-corrected chi connectivity index (χ4v) is 5.15. The summed E-state index contributed by atoms with van der Waals surface area (Å²) in [4.78, 5) is 7.21. The molecule has 1 atom stereocenters. The molecule has 3 aliphatic heterocycles. The molecule has 0 bridgehead atoms. The zero-order valence-corrected chi connectivity index (χ0v) is 17.1. The minimum atomic E-state index is -2.51. The van der Waals surface area contributed by atoms with Gasteiger partial charge in [0.1, 0.15) is 5.82 Å². The molecule has 2 aromatic rings. The Morgan fingerprint density at radius 1 is 1.29 bits per heavy atom. The summed E-state index contributed by atoms with van der Waals surface area (Å²) in [5.41, 5.74) is 3.16. The molecule has 0 saturated carbocycles. The Bertz CT molecular complexity index is 895. The SMILES string of the molecule is FC(F)c1cc2c(cc1Br)CCCN2c1nc(C2CCOC2)n2c1CNCC2. The second kappa shape index (κ2) is 7.39. The predicted octanol–water partition coefficient (Wildman–Crippen LogP) is 4.27. The van der Waals surface area contributed by atoms with Crippen LogP contribution in [0.4, 0.5) is 20.3 Å². The molecule has 0 aliphatic carbocycles. The van der Waals surface area contributed by atoms with Gasteiger partial charge in [-0.25, -0.2) is 13.8 Å². The minimum absolute atomic E-state index is 0.0428. The number of nitrogens with zero attached hydrogens (tertiary/aromatic N) is 3. The van der Waals surface area contributed by atoms with Gasteiger partial charge >= 0.3 is 0 Å². The standard InChI is InChI=1S/C20H23BrF2N4O/c21-15-8-12-2-1-5-26(16(12)9-14(15)18(22)23)20-17-10-24-4-6-27(17)19(25-20)13-3-7-28-11-13/h8-9,13,18,24H,1-7,10-11H2. The highest BCUT2D eigenvalue weighted by Gasteiger charge is 2.32. The van der Waals surface area contributed by atoms with E-state index >= 15 is 0 Å². The number of ether oxygens (including phenoxy) is 1. The van der Waals surface area contributed by atoms with E-state index < -0.39 is 6.43 Å². The summed E-state index contributed by atoms with van der Waals surface area (Å²) in [6, 6.07) is 3.50. The van der Waals surface area contributed by atoms with Crippen molar-refractivity contribution in [2.24, 2.45) is 0 Å². The monoisotopic (exact) mass is 452 g/mol. The summed E-state index contributed by atoms with van der Waals surface area (Å²) in [5.74, 6) is 2.32. The summed E-state index contributed by atoms with van der Waals surface area (Å²) in [7, 11) is 0. The molecule has 0 amide bonds. The maximum atomic E-state index is 13.5. The number of aryl methyl sites for hydroxylation is 1. The van der Waals surface area contributed by atoms with Crippen molar-refractivity contribution in [3.8, 4) is 0 Å². The first-order valence-electron chi connectivity index (χ1n) is 9.89. The number of alkyl halides is 2. The fourth-order valence-electron chi connectivity index (χ4n) is 4.59. The van der Waals surface area contributed by atoms with Crippen LogP contribution in [0.15, 0.2) is 16.6 Å². The summed E-state index contributed by atoms with van der Waals surface area (Å²) in [6.45, 7) is 4.84. The van der Waals surface area contributed by atoms with Gasteiger partial charge in [0.05, 0.1) is 12.3 Å². The van der Waals surface area contributed by atoms with E-state index in [0.29, 0.717) is 17.0 Å². The Morgan fingerprint density at radius 2 is 2.18 bits per heavy atom. The molecule has 1 unspecified atom stereocenters. The topological polar surface area (TPSA) is 42.3 Å². The average Bonchev–Trinajstić information content (AvgIpc) is 3.34. The third kappa shape index (κ3) is 3.06. The van der Waals surface area contributed by atoms with Gasteiger partial charge in [0.15, 0.2) is 5.82 Å². The number of hydrogen-bond acceptors (Lipinski definition) is 4. The number of aromatic nitrogens is 2. The van der Waals surface area contributed by atoms with E-state index in [9.17, 15) is 8.78 Å². The highest BCUT2D eigenvalue weighted by Crippen LogP contribution is 2.41. The van der Waals surface area contributed by atoms with Gasteiger partial charge in [-0.1, -0.05) is 15.9 Å². The second-order valence-electron chi connectivity index (χ2n) is 7.69. The Kier molecular flexibility index (Phi) is 4.88. The van der Waals surface area contributed by atoms with Gasteiger partial charge in [0, 0.05) is 54.4 Å². The smallest absolute Gasteiger partial charge is 0.265 e. The number of fused-ring (bicyclic) bond motifs is 2. The molecule has 1 aromatic carbocycles. The average molecular weight is 453 g/mol. The molecule has 4 heterocycles. The Labute approximate surface area is 171 Å². The number of imidazole rings is 1. The summed E-state index contributed by atoms with van der Waals surface area (Å²) in [6.07, 6.45) is 0.357. The van der Waals surface area contributed by atoms with Crippen molar-refractivity contribution >= 4 is 27.4 Å². The lowest BCUT2D eigenvalue weighted by Gasteiger charge is -2.32. The van der Waals surface area contributed by atoms with E-state index in [1.165, 1.54) is 0 Å². The molecule has 0 radical (unpaired) electrons. The van der Waals surface area contributed by atoms with Crippen molar-refractivity contribution in [2.45, 2.75) is 44.7 Å². The number of halogens is 3. The highest BCUT2D eigenvalue weighted by atomic mass is 79.9. The first-order chi connectivity index (χ1) is 13.6. The quantitative estimate of drug-likeness (QED) is 0.754. The lowest BCUT2D eigenvalue weighted by Crippen LogP contribution is -2.31. The number of nitrogens with one attached hydrogen (secondary N) is 1. The number of benzene rings is 1. The first-order valence-corrected chi connectivity index (χ1v) is 10.7. The van der Waals surface area contributed by atoms with Crippen LogP contribution in [-0.4, -0.2) is 35.9 Å². The third-order valence-corrected chi connectivity index (χ3v) is 6.67. The summed E-state index contributed by atoms with van der Waals surface area (Å²) in [5, 5.41) is 3.44. The van der Waals surface area contributed by atoms with E-state index in [1.807, 2.05) is 6.07 Å². The van der Waals surface area contributed by atoms with Crippen molar-refractivity contribution in [2.75, 3.05) is 31.2 Å². The van der Waals surface area contributed by atoms with Gasteiger partial charge < -0.3 is 19.5 Å². The van der Waals surface area contributed by atoms with Crippen LogP contribution in [0.3, 0.4) is 0 Å². The molecule has 1 N–H and O–H groups in total. The van der Waals surface area contributed by atoms with Crippen LogP contribution >= 0.6 is 15.9 Å². The summed E-state index contributed by atoms with van der Waals surface area (Å²) >= 11 is 3.32. The number of hydrogen-bond donors (Lipinski definition) is 1. The molecule has 0 spiro atoms. The van der Waals surface area contributed by atoms with Crippen LogP contribution in [0.1, 0.15) is 47.8 Å². The maximum Gasteiger partial charge on any atom is 0.265 e. The molecule has 28 heavy (non-hydrogen) atoms. The highest BCUT2D eigenvalue weighted by molar-refractivity contribution is 9.10. The largest absolute Gasteiger partial charge is 0.381 e. The van der Waals surface area contributed by atoms with Crippen LogP contribution < -0.4 is 10.2 Å². The molecule has 1 fully saturated rings. The Balaban J connectivity index is 1.62. The zero-order chi connectivity index (χ0) is 19.3. The van der Waals surface area contributed by atoms with Gasteiger partial charge in [-0.3, -0.25) is 0 Å². The van der Waals surface area contributed by atoms with E-state index in [2.05, 4.69) is 30.7 Å². The molecule has 150 valence electrons. The number of rotatable bonds is 3. The third-order valence-electron chi connectivity index (χ3n) is 5.99. The van der Waals surface area contributed by atoms with E-state index in [1.54, 1.807) is 6.07 Å². The van der Waals surface area contributed by atoms with Crippen molar-refractivity contribution in [1.82, 2.24) is 14.9 Å². The van der Waals surface area contributed by atoms with Crippen molar-refractivity contribution < 1.29 is 13.5 Å². The molecule has 1 aromatic heterocycles. The zero-order valence-electron chi connectivity index (χ0n) is 15.6. The molecule has 3 aliphatic rings. The lowest BCUT2D eigenvalue weighted by atomic mass is 9.99. The van der Waals surface area contributed by atoms with Gasteiger partial charge in [0.25, 0.3) is 6.43 Å². The molecular weight excluding hydrogens is 430 g/mol. The van der Waals surface area contributed by atoms with Crippen LogP contribution in [0, 0.1) is 0 Å². The van der Waals surface area contributed by atoms with Gasteiger partial charge in [-0.15, -0.1) is 0 Å². The first kappa shape index (κ1) is 18.5. The van der Waals surface area contributed by atoms with Crippen LogP contribution in [-0.2, 0) is 24.2 Å². The number of anilines is 2. The maximum absolute atomic E-state index is 13.5. The van der Waals surface area contributed by atoms with Gasteiger partial charge in [-0.2, -0.15) is 0 Å². The Hall–Kier alpha value is -1.51. The Morgan fingerprint density at radius 3 is 2.96 bits per heavy atom. The van der Waals surface area contributed by atoms with Crippen LogP contribution in [0.2, 0.25) is 0 Å². The van der Waals surface area contributed by atoms with Crippen molar-refractivity contribution in [3.63, 3.8) is 0 Å². The minimum Gasteiger partial charge on any atom is -0.381 e. The van der Waals surface area contributed by atoms with Crippen LogP contribution in [0.5, 0.6) is 0 Å². The van der Waals surface area contributed by atoms with Gasteiger partial charge in [-0.05, 0) is 37.0 Å². The van der Waals surface area contributed by atoms with Gasteiger partial charge in [0.2, 0.25) is 0 Å². The molecule has 5 rings (SSSR count). The fraction of sp³-hybridized carbons (Fsp3) is 0.550.